The van der Waals surface area contributed by atoms with Gasteiger partial charge in [0, 0.05) is 5.56 Å². The normalized spacial score (nSPS) is 10.6. The van der Waals surface area contributed by atoms with Gasteiger partial charge in [-0.25, -0.2) is 8.78 Å². The molecule has 30 heavy (non-hydrogen) atoms. The molecule has 0 nitrogen and oxygen atoms in total. The molecule has 148 valence electrons. The van der Waals surface area contributed by atoms with E-state index in [1.165, 1.54) is 36.6 Å². The summed E-state index contributed by atoms with van der Waals surface area (Å²) in [5, 5.41) is 1.72. The Balaban J connectivity index is 1.55. The zero-order chi connectivity index (χ0) is 20.9. The summed E-state index contributed by atoms with van der Waals surface area (Å²) in [7, 11) is 0. The molecule has 0 aromatic heterocycles. The second kappa shape index (κ2) is 8.93. The number of aryl methyl sites for hydroxylation is 1. The molecule has 4 rings (SSSR count). The van der Waals surface area contributed by atoms with Gasteiger partial charge >= 0.3 is 0 Å². The van der Waals surface area contributed by atoms with Crippen LogP contribution < -0.4 is 0 Å². The molecular formula is C28H22F2. The highest BCUT2D eigenvalue weighted by Crippen LogP contribution is 2.23. The van der Waals surface area contributed by atoms with Crippen LogP contribution in [0.15, 0.2) is 78.9 Å². The zero-order valence-corrected chi connectivity index (χ0v) is 16.9. The van der Waals surface area contributed by atoms with E-state index >= 15 is 0 Å². The summed E-state index contributed by atoms with van der Waals surface area (Å²) in [6.45, 7) is 2.18. The van der Waals surface area contributed by atoms with E-state index < -0.39 is 0 Å². The molecule has 0 radical (unpaired) electrons. The van der Waals surface area contributed by atoms with Crippen molar-refractivity contribution in [2.75, 3.05) is 0 Å². The molecule has 0 saturated heterocycles. The lowest BCUT2D eigenvalue weighted by molar-refractivity contribution is 0.625. The van der Waals surface area contributed by atoms with Crippen molar-refractivity contribution in [3.63, 3.8) is 0 Å². The Bertz CT molecular complexity index is 1240. The molecule has 0 bridgehead atoms. The van der Waals surface area contributed by atoms with Crippen molar-refractivity contribution in [3.05, 3.63) is 107 Å². The molecule has 4 aromatic rings. The maximum Gasteiger partial charge on any atom is 0.139 e. The minimum atomic E-state index is -0.335. The van der Waals surface area contributed by atoms with Crippen LogP contribution in [0.25, 0.3) is 21.9 Å². The minimum absolute atomic E-state index is 0.265. The molecule has 0 atom stereocenters. The molecule has 0 fully saturated rings. The maximum absolute atomic E-state index is 14.6. The smallest absolute Gasteiger partial charge is 0.139 e. The summed E-state index contributed by atoms with van der Waals surface area (Å²) in [5.74, 6) is 5.33. The summed E-state index contributed by atoms with van der Waals surface area (Å²) in [5.41, 5.74) is 4.27. The highest BCUT2D eigenvalue weighted by Gasteiger charge is 2.04. The summed E-state index contributed by atoms with van der Waals surface area (Å²) >= 11 is 0. The van der Waals surface area contributed by atoms with E-state index in [1.807, 2.05) is 36.4 Å². The quantitative estimate of drug-likeness (QED) is 0.313. The second-order valence-electron chi connectivity index (χ2n) is 7.45. The molecular weight excluding hydrogens is 374 g/mol. The number of halogens is 2. The predicted molar refractivity (Wildman–Crippen MR) is 120 cm³/mol. The molecule has 0 N–H and O–H groups in total. The third-order valence-electron chi connectivity index (χ3n) is 5.22. The Kier molecular flexibility index (Phi) is 5.91. The molecule has 0 heterocycles. The van der Waals surface area contributed by atoms with Crippen molar-refractivity contribution in [2.45, 2.75) is 26.2 Å². The fourth-order valence-corrected chi connectivity index (χ4v) is 3.47. The van der Waals surface area contributed by atoms with Gasteiger partial charge in [0.05, 0.1) is 5.56 Å². The Morgan fingerprint density at radius 2 is 1.43 bits per heavy atom. The van der Waals surface area contributed by atoms with E-state index in [4.69, 9.17) is 0 Å². The lowest BCUT2D eigenvalue weighted by Crippen LogP contribution is -1.88. The van der Waals surface area contributed by atoms with Crippen LogP contribution in [0.3, 0.4) is 0 Å². The van der Waals surface area contributed by atoms with Crippen molar-refractivity contribution in [1.29, 1.82) is 0 Å². The zero-order valence-electron chi connectivity index (χ0n) is 16.9. The SMILES string of the molecule is CCCCc1ccc(-c2ccc(C#Cc3ccc4cc(F)ccc4c3)c(F)c2)cc1. The first-order valence-electron chi connectivity index (χ1n) is 10.2. The molecule has 0 aliphatic carbocycles. The molecule has 0 spiro atoms. The Morgan fingerprint density at radius 1 is 0.700 bits per heavy atom. The first kappa shape index (κ1) is 19.9. The fourth-order valence-electron chi connectivity index (χ4n) is 3.47. The van der Waals surface area contributed by atoms with Crippen LogP contribution in [0.2, 0.25) is 0 Å². The number of unbranched alkanes of at least 4 members (excludes halogenated alkanes) is 1. The van der Waals surface area contributed by atoms with Crippen LogP contribution in [-0.4, -0.2) is 0 Å². The van der Waals surface area contributed by atoms with Gasteiger partial charge in [0.15, 0.2) is 0 Å². The first-order valence-corrected chi connectivity index (χ1v) is 10.2. The van der Waals surface area contributed by atoms with Crippen LogP contribution in [-0.2, 0) is 6.42 Å². The van der Waals surface area contributed by atoms with E-state index in [-0.39, 0.29) is 11.6 Å². The third kappa shape index (κ3) is 4.58. The van der Waals surface area contributed by atoms with E-state index in [0.717, 1.165) is 33.9 Å². The summed E-state index contributed by atoms with van der Waals surface area (Å²) in [6.07, 6.45) is 3.42. The standard InChI is InChI=1S/C28H22F2/c1-2-3-4-20-5-9-22(10-6-20)26-14-13-23(28(30)19-26)11-7-21-8-12-25-18-27(29)16-15-24(25)17-21/h5-6,8-10,12-19H,2-4H2,1H3. The van der Waals surface area contributed by atoms with Crippen LogP contribution in [0.5, 0.6) is 0 Å². The van der Waals surface area contributed by atoms with Crippen LogP contribution >= 0.6 is 0 Å². The van der Waals surface area contributed by atoms with Crippen LogP contribution in [0, 0.1) is 23.5 Å². The topological polar surface area (TPSA) is 0 Å². The number of hydrogen-bond acceptors (Lipinski definition) is 0. The second-order valence-corrected chi connectivity index (χ2v) is 7.45. The summed E-state index contributed by atoms with van der Waals surface area (Å²) in [4.78, 5) is 0. The van der Waals surface area contributed by atoms with Crippen molar-refractivity contribution in [2.24, 2.45) is 0 Å². The van der Waals surface area contributed by atoms with Gasteiger partial charge in [-0.2, -0.15) is 0 Å². The largest absolute Gasteiger partial charge is 0.207 e. The van der Waals surface area contributed by atoms with Crippen LogP contribution in [0.4, 0.5) is 8.78 Å². The van der Waals surface area contributed by atoms with Gasteiger partial charge in [-0.05, 0) is 76.7 Å². The fraction of sp³-hybridized carbons (Fsp3) is 0.143. The van der Waals surface area contributed by atoms with Gasteiger partial charge in [0.25, 0.3) is 0 Å². The summed E-state index contributed by atoms with van der Waals surface area (Å²) < 4.78 is 27.9. The molecule has 2 heteroatoms. The number of rotatable bonds is 4. The van der Waals surface area contributed by atoms with Crippen LogP contribution in [0.1, 0.15) is 36.5 Å². The Hall–Kier alpha value is -3.44. The van der Waals surface area contributed by atoms with Crippen molar-refractivity contribution in [3.8, 4) is 23.0 Å². The minimum Gasteiger partial charge on any atom is -0.207 e. The van der Waals surface area contributed by atoms with Gasteiger partial charge in [-0.3, -0.25) is 0 Å². The van der Waals surface area contributed by atoms with E-state index in [1.54, 1.807) is 12.1 Å². The molecule has 0 aliphatic heterocycles. The van der Waals surface area contributed by atoms with Gasteiger partial charge in [-0.15, -0.1) is 0 Å². The number of hydrogen-bond donors (Lipinski definition) is 0. The highest BCUT2D eigenvalue weighted by atomic mass is 19.1. The molecule has 4 aromatic carbocycles. The maximum atomic E-state index is 14.6. The Morgan fingerprint density at radius 3 is 2.20 bits per heavy atom. The van der Waals surface area contributed by atoms with Crippen molar-refractivity contribution < 1.29 is 8.78 Å². The monoisotopic (exact) mass is 396 g/mol. The van der Waals surface area contributed by atoms with Crippen molar-refractivity contribution >= 4 is 10.8 Å². The number of benzene rings is 4. The highest BCUT2D eigenvalue weighted by molar-refractivity contribution is 5.84. The molecule has 0 amide bonds. The Labute approximate surface area is 176 Å². The average Bonchev–Trinajstić information content (AvgIpc) is 2.77. The van der Waals surface area contributed by atoms with Gasteiger partial charge in [0.2, 0.25) is 0 Å². The van der Waals surface area contributed by atoms with E-state index in [2.05, 4.69) is 30.9 Å². The predicted octanol–water partition coefficient (Wildman–Crippen LogP) is 7.53. The van der Waals surface area contributed by atoms with Gasteiger partial charge in [0.1, 0.15) is 11.6 Å². The van der Waals surface area contributed by atoms with Gasteiger partial charge < -0.3 is 0 Å². The van der Waals surface area contributed by atoms with E-state index in [9.17, 15) is 8.78 Å². The lowest BCUT2D eigenvalue weighted by atomic mass is 10.0. The van der Waals surface area contributed by atoms with Gasteiger partial charge in [-0.1, -0.05) is 67.6 Å². The number of fused-ring (bicyclic) bond motifs is 1. The molecule has 0 aliphatic rings. The van der Waals surface area contributed by atoms with E-state index in [0.29, 0.717) is 5.56 Å². The molecule has 0 unspecified atom stereocenters. The lowest BCUT2D eigenvalue weighted by Gasteiger charge is -2.05. The summed E-state index contributed by atoms with van der Waals surface area (Å²) in [6, 6.07) is 23.6. The van der Waals surface area contributed by atoms with Crippen molar-refractivity contribution in [1.82, 2.24) is 0 Å². The first-order chi connectivity index (χ1) is 14.6. The third-order valence-corrected chi connectivity index (χ3v) is 5.22. The average molecular weight is 396 g/mol. The molecule has 0 saturated carbocycles.